The molecule has 0 bridgehead atoms. The summed E-state index contributed by atoms with van der Waals surface area (Å²) in [5.74, 6) is -1.94. The van der Waals surface area contributed by atoms with Crippen LogP contribution >= 0.6 is 0 Å². The highest BCUT2D eigenvalue weighted by Gasteiger charge is 2.17. The fourth-order valence-electron chi connectivity index (χ4n) is 1.45. The van der Waals surface area contributed by atoms with E-state index in [1.54, 1.807) is 0 Å². The Morgan fingerprint density at radius 2 is 2.00 bits per heavy atom. The first-order chi connectivity index (χ1) is 8.79. The van der Waals surface area contributed by atoms with Crippen molar-refractivity contribution in [3.05, 3.63) is 30.0 Å². The van der Waals surface area contributed by atoms with E-state index in [0.717, 1.165) is 12.3 Å². The van der Waals surface area contributed by atoms with E-state index in [9.17, 15) is 18.3 Å². The van der Waals surface area contributed by atoms with Gasteiger partial charge in [0.05, 0.1) is 4.90 Å². The minimum atomic E-state index is -3.45. The van der Waals surface area contributed by atoms with E-state index in [1.165, 1.54) is 18.2 Å². The molecular weight excluding hydrogens is 274 g/mol. The van der Waals surface area contributed by atoms with Gasteiger partial charge in [-0.1, -0.05) is 5.16 Å². The monoisotopic (exact) mass is 283 g/mol. The number of phenolic OH excluding ortho intramolecular Hbond substituents is 1. The lowest BCUT2D eigenvalue weighted by Crippen LogP contribution is -1.97. The molecule has 8 heteroatoms. The molecule has 1 heterocycles. The van der Waals surface area contributed by atoms with Gasteiger partial charge in [0, 0.05) is 17.9 Å². The maximum atomic E-state index is 11.4. The van der Waals surface area contributed by atoms with Crippen molar-refractivity contribution in [3.8, 4) is 17.0 Å². The Bertz CT molecular complexity index is 746. The van der Waals surface area contributed by atoms with Crippen molar-refractivity contribution < 1.29 is 27.9 Å². The molecule has 0 aliphatic carbocycles. The highest BCUT2D eigenvalue weighted by molar-refractivity contribution is 7.90. The van der Waals surface area contributed by atoms with Gasteiger partial charge in [-0.25, -0.2) is 13.2 Å². The van der Waals surface area contributed by atoms with E-state index < -0.39 is 21.6 Å². The average molecular weight is 283 g/mol. The van der Waals surface area contributed by atoms with Gasteiger partial charge in [-0.2, -0.15) is 0 Å². The molecule has 2 rings (SSSR count). The average Bonchev–Trinajstić information content (AvgIpc) is 2.77. The van der Waals surface area contributed by atoms with Crippen molar-refractivity contribution in [1.82, 2.24) is 5.16 Å². The summed E-state index contributed by atoms with van der Waals surface area (Å²) in [6.45, 7) is 0. The lowest BCUT2D eigenvalue weighted by molar-refractivity contribution is 0.0652. The fraction of sp³-hybridized carbons (Fsp3) is 0.0909. The van der Waals surface area contributed by atoms with Gasteiger partial charge in [-0.3, -0.25) is 0 Å². The van der Waals surface area contributed by atoms with Crippen molar-refractivity contribution >= 4 is 15.8 Å². The summed E-state index contributed by atoms with van der Waals surface area (Å²) in [7, 11) is -3.45. The number of benzene rings is 1. The standard InChI is InChI=1S/C11H9NO6S/c1-19(16,17)6-2-3-9(13)7(4-6)8-5-10(11(14)15)18-12-8/h2-5,13H,1H3,(H,14,15). The predicted octanol–water partition coefficient (Wildman–Crippen LogP) is 1.15. The summed E-state index contributed by atoms with van der Waals surface area (Å²) < 4.78 is 27.4. The summed E-state index contributed by atoms with van der Waals surface area (Å²) >= 11 is 0. The van der Waals surface area contributed by atoms with Gasteiger partial charge in [0.25, 0.3) is 0 Å². The molecular formula is C11H9NO6S. The Labute approximate surface area is 108 Å². The maximum absolute atomic E-state index is 11.4. The first-order valence-electron chi connectivity index (χ1n) is 5.02. The Morgan fingerprint density at radius 1 is 1.32 bits per heavy atom. The Balaban J connectivity index is 2.57. The molecule has 0 fully saturated rings. The van der Waals surface area contributed by atoms with Crippen LogP contribution in [0.25, 0.3) is 11.3 Å². The van der Waals surface area contributed by atoms with Crippen LogP contribution in [0.15, 0.2) is 33.7 Å². The van der Waals surface area contributed by atoms with E-state index in [2.05, 4.69) is 9.68 Å². The number of hydrogen-bond acceptors (Lipinski definition) is 6. The number of sulfone groups is 1. The minimum absolute atomic E-state index is 0.0137. The quantitative estimate of drug-likeness (QED) is 0.867. The molecule has 7 nitrogen and oxygen atoms in total. The Hall–Kier alpha value is -2.35. The van der Waals surface area contributed by atoms with Crippen LogP contribution in [-0.2, 0) is 9.84 Å². The number of hydrogen-bond donors (Lipinski definition) is 2. The van der Waals surface area contributed by atoms with Gasteiger partial charge in [0.1, 0.15) is 11.4 Å². The lowest BCUT2D eigenvalue weighted by atomic mass is 10.1. The second kappa shape index (κ2) is 4.39. The van der Waals surface area contributed by atoms with Gasteiger partial charge in [-0.15, -0.1) is 0 Å². The van der Waals surface area contributed by atoms with Crippen molar-refractivity contribution in [2.45, 2.75) is 4.90 Å². The molecule has 0 spiro atoms. The fourth-order valence-corrected chi connectivity index (χ4v) is 2.10. The van der Waals surface area contributed by atoms with E-state index in [-0.39, 0.29) is 21.9 Å². The molecule has 0 saturated carbocycles. The van der Waals surface area contributed by atoms with Gasteiger partial charge >= 0.3 is 5.97 Å². The van der Waals surface area contributed by atoms with Gasteiger partial charge in [0.2, 0.25) is 5.76 Å². The molecule has 0 aliphatic rings. The van der Waals surface area contributed by atoms with Crippen LogP contribution < -0.4 is 0 Å². The number of rotatable bonds is 3. The van der Waals surface area contributed by atoms with Gasteiger partial charge in [-0.05, 0) is 18.2 Å². The third-order valence-electron chi connectivity index (χ3n) is 2.39. The molecule has 0 aliphatic heterocycles. The first-order valence-corrected chi connectivity index (χ1v) is 6.91. The van der Waals surface area contributed by atoms with Crippen LogP contribution in [0.3, 0.4) is 0 Å². The van der Waals surface area contributed by atoms with Gasteiger partial charge in [0.15, 0.2) is 9.84 Å². The number of aromatic carboxylic acids is 1. The summed E-state index contributed by atoms with van der Waals surface area (Å²) in [6, 6.07) is 4.74. The van der Waals surface area contributed by atoms with Crippen LogP contribution in [0, 0.1) is 0 Å². The second-order valence-corrected chi connectivity index (χ2v) is 5.85. The molecule has 0 saturated heterocycles. The Morgan fingerprint density at radius 3 is 2.53 bits per heavy atom. The van der Waals surface area contributed by atoms with Crippen LogP contribution in [-0.4, -0.2) is 36.0 Å². The number of phenols is 1. The molecule has 0 atom stereocenters. The predicted molar refractivity (Wildman–Crippen MR) is 63.7 cm³/mol. The van der Waals surface area contributed by atoms with Crippen molar-refractivity contribution in [1.29, 1.82) is 0 Å². The first kappa shape index (κ1) is 13.1. The molecule has 0 radical (unpaired) electrons. The highest BCUT2D eigenvalue weighted by Crippen LogP contribution is 2.31. The number of carboxylic acid groups (broad SMARTS) is 1. The zero-order valence-electron chi connectivity index (χ0n) is 9.69. The van der Waals surface area contributed by atoms with Crippen molar-refractivity contribution in [2.24, 2.45) is 0 Å². The molecule has 0 unspecified atom stereocenters. The van der Waals surface area contributed by atoms with Crippen LogP contribution in [0.1, 0.15) is 10.6 Å². The normalized spacial score (nSPS) is 11.4. The van der Waals surface area contributed by atoms with Crippen LogP contribution in [0.5, 0.6) is 5.75 Å². The van der Waals surface area contributed by atoms with E-state index in [0.29, 0.717) is 0 Å². The highest BCUT2D eigenvalue weighted by atomic mass is 32.2. The Kier molecular flexibility index (Phi) is 3.03. The van der Waals surface area contributed by atoms with Gasteiger partial charge < -0.3 is 14.7 Å². The number of aromatic hydroxyl groups is 1. The third-order valence-corrected chi connectivity index (χ3v) is 3.50. The maximum Gasteiger partial charge on any atom is 0.374 e. The van der Waals surface area contributed by atoms with Crippen LogP contribution in [0.4, 0.5) is 0 Å². The number of carboxylic acids is 1. The third kappa shape index (κ3) is 2.58. The minimum Gasteiger partial charge on any atom is -0.507 e. The summed E-state index contributed by atoms with van der Waals surface area (Å²) in [5, 5.41) is 21.9. The molecule has 1 aromatic carbocycles. The second-order valence-electron chi connectivity index (χ2n) is 3.83. The zero-order chi connectivity index (χ0) is 14.2. The summed E-state index contributed by atoms with van der Waals surface area (Å²) in [4.78, 5) is 10.7. The SMILES string of the molecule is CS(=O)(=O)c1ccc(O)c(-c2cc(C(=O)O)on2)c1. The lowest BCUT2D eigenvalue weighted by Gasteiger charge is -2.03. The molecule has 1 aromatic heterocycles. The number of carbonyl (C=O) groups is 1. The van der Waals surface area contributed by atoms with Crippen molar-refractivity contribution in [2.75, 3.05) is 6.26 Å². The van der Waals surface area contributed by atoms with Crippen molar-refractivity contribution in [3.63, 3.8) is 0 Å². The number of aromatic nitrogens is 1. The van der Waals surface area contributed by atoms with Crippen LogP contribution in [0.2, 0.25) is 0 Å². The zero-order valence-corrected chi connectivity index (χ0v) is 10.5. The summed E-state index contributed by atoms with van der Waals surface area (Å²) in [5.41, 5.74) is 0.125. The number of nitrogens with zero attached hydrogens (tertiary/aromatic N) is 1. The largest absolute Gasteiger partial charge is 0.507 e. The van der Waals surface area contributed by atoms with E-state index >= 15 is 0 Å². The molecule has 0 amide bonds. The molecule has 2 aromatic rings. The van der Waals surface area contributed by atoms with E-state index in [4.69, 9.17) is 5.11 Å². The smallest absolute Gasteiger partial charge is 0.374 e. The summed E-state index contributed by atoms with van der Waals surface area (Å²) in [6.07, 6.45) is 1.02. The molecule has 19 heavy (non-hydrogen) atoms. The molecule has 2 N–H and O–H groups in total. The topological polar surface area (TPSA) is 118 Å². The van der Waals surface area contributed by atoms with E-state index in [1.807, 2.05) is 0 Å². The molecule has 100 valence electrons.